The first-order valence-corrected chi connectivity index (χ1v) is 8.04. The van der Waals surface area contributed by atoms with Gasteiger partial charge in [-0.2, -0.15) is 0 Å². The second-order valence-corrected chi connectivity index (χ2v) is 5.96. The second-order valence-electron chi connectivity index (χ2n) is 5.96. The summed E-state index contributed by atoms with van der Waals surface area (Å²) in [6.45, 7) is 2.67. The zero-order valence-corrected chi connectivity index (χ0v) is 13.6. The van der Waals surface area contributed by atoms with Gasteiger partial charge in [-0.1, -0.05) is 6.07 Å². The number of urea groups is 1. The number of hydrogen-bond acceptors (Lipinski definition) is 3. The topological polar surface area (TPSA) is 70.4 Å². The number of aliphatic hydroxyl groups excluding tert-OH is 1. The molecular weight excluding hydrogens is 311 g/mol. The molecule has 1 fully saturated rings. The van der Waals surface area contributed by atoms with Crippen LogP contribution in [-0.4, -0.2) is 44.8 Å². The number of nitrogens with one attached hydrogen (secondary N) is 1. The molecule has 2 N–H and O–H groups in total. The molecule has 24 heavy (non-hydrogen) atoms. The summed E-state index contributed by atoms with van der Waals surface area (Å²) in [6.07, 6.45) is 5.04. The van der Waals surface area contributed by atoms with Crippen LogP contribution in [0, 0.1) is 12.7 Å². The van der Waals surface area contributed by atoms with Gasteiger partial charge in [0.25, 0.3) is 0 Å². The van der Waals surface area contributed by atoms with Crippen LogP contribution in [0.25, 0.3) is 5.69 Å². The van der Waals surface area contributed by atoms with Gasteiger partial charge in [-0.05, 0) is 37.5 Å². The number of carbonyl (C=O) groups excluding carboxylic acids is 1. The number of likely N-dealkylation sites (tertiary alicyclic amines) is 1. The summed E-state index contributed by atoms with van der Waals surface area (Å²) in [5.74, 6) is 0.344. The SMILES string of the molecule is Cc1nccn1-c1ccc(CNC(=O)N2CCCC2CO)cc1F. The Balaban J connectivity index is 1.65. The largest absolute Gasteiger partial charge is 0.394 e. The number of hydrogen-bond donors (Lipinski definition) is 2. The number of aromatic nitrogens is 2. The number of imidazole rings is 1. The molecule has 0 radical (unpaired) electrons. The number of nitrogens with zero attached hydrogens (tertiary/aromatic N) is 3. The molecule has 1 aromatic heterocycles. The summed E-state index contributed by atoms with van der Waals surface area (Å²) in [4.78, 5) is 17.9. The molecule has 1 saturated heterocycles. The van der Waals surface area contributed by atoms with Crippen molar-refractivity contribution < 1.29 is 14.3 Å². The van der Waals surface area contributed by atoms with E-state index in [-0.39, 0.29) is 31.0 Å². The predicted molar refractivity (Wildman–Crippen MR) is 87.3 cm³/mol. The molecule has 2 amide bonds. The highest BCUT2D eigenvalue weighted by Gasteiger charge is 2.27. The molecule has 0 bridgehead atoms. The van der Waals surface area contributed by atoms with Crippen molar-refractivity contribution in [1.82, 2.24) is 19.8 Å². The zero-order chi connectivity index (χ0) is 17.1. The van der Waals surface area contributed by atoms with Crippen LogP contribution in [0.2, 0.25) is 0 Å². The van der Waals surface area contributed by atoms with Crippen molar-refractivity contribution in [3.8, 4) is 5.69 Å². The molecular formula is C17H21FN4O2. The van der Waals surface area contributed by atoms with Gasteiger partial charge in [0, 0.05) is 25.5 Å². The average molecular weight is 332 g/mol. The minimum absolute atomic E-state index is 0.0268. The highest BCUT2D eigenvalue weighted by molar-refractivity contribution is 5.74. The van der Waals surface area contributed by atoms with Crippen molar-refractivity contribution in [3.63, 3.8) is 0 Å². The fraction of sp³-hybridized carbons (Fsp3) is 0.412. The van der Waals surface area contributed by atoms with Gasteiger partial charge in [-0.3, -0.25) is 0 Å². The lowest BCUT2D eigenvalue weighted by Gasteiger charge is -2.23. The number of amides is 2. The molecule has 128 valence electrons. The van der Waals surface area contributed by atoms with Gasteiger partial charge >= 0.3 is 6.03 Å². The lowest BCUT2D eigenvalue weighted by Crippen LogP contribution is -2.43. The third-order valence-corrected chi connectivity index (χ3v) is 4.39. The number of halogens is 1. The number of carbonyl (C=O) groups is 1. The van der Waals surface area contributed by atoms with Crippen LogP contribution in [0.1, 0.15) is 24.2 Å². The standard InChI is InChI=1S/C17H21FN4O2/c1-12-19-6-8-21(12)16-5-4-13(9-15(16)18)10-20-17(24)22-7-2-3-14(22)11-23/h4-6,8-9,14,23H,2-3,7,10-11H2,1H3,(H,20,24). The summed E-state index contributed by atoms with van der Waals surface area (Å²) in [6, 6.07) is 4.54. The van der Waals surface area contributed by atoms with E-state index in [1.165, 1.54) is 6.07 Å². The molecule has 3 rings (SSSR count). The van der Waals surface area contributed by atoms with Crippen LogP contribution in [-0.2, 0) is 6.54 Å². The number of aliphatic hydroxyl groups is 1. The second kappa shape index (κ2) is 7.00. The maximum atomic E-state index is 14.3. The molecule has 0 spiro atoms. The summed E-state index contributed by atoms with van der Waals surface area (Å²) in [5.41, 5.74) is 1.11. The molecule has 0 aliphatic carbocycles. The van der Waals surface area contributed by atoms with Crippen LogP contribution in [0.15, 0.2) is 30.6 Å². The van der Waals surface area contributed by atoms with E-state index in [1.807, 2.05) is 0 Å². The van der Waals surface area contributed by atoms with Crippen LogP contribution in [0.4, 0.5) is 9.18 Å². The maximum Gasteiger partial charge on any atom is 0.317 e. The first-order valence-electron chi connectivity index (χ1n) is 8.04. The Hall–Kier alpha value is -2.41. The molecule has 1 unspecified atom stereocenters. The van der Waals surface area contributed by atoms with Crippen molar-refractivity contribution in [2.45, 2.75) is 32.4 Å². The predicted octanol–water partition coefficient (Wildman–Crippen LogP) is 1.99. The summed E-state index contributed by atoms with van der Waals surface area (Å²) < 4.78 is 16.0. The average Bonchev–Trinajstić information content (AvgIpc) is 3.21. The van der Waals surface area contributed by atoms with E-state index >= 15 is 0 Å². The molecule has 7 heteroatoms. The van der Waals surface area contributed by atoms with Crippen LogP contribution in [0.3, 0.4) is 0 Å². The van der Waals surface area contributed by atoms with E-state index in [4.69, 9.17) is 0 Å². The van der Waals surface area contributed by atoms with Gasteiger partial charge < -0.3 is 19.9 Å². The smallest absolute Gasteiger partial charge is 0.317 e. The summed E-state index contributed by atoms with van der Waals surface area (Å²) >= 11 is 0. The molecule has 2 heterocycles. The number of benzene rings is 1. The molecule has 1 aliphatic heterocycles. The molecule has 1 aromatic carbocycles. The van der Waals surface area contributed by atoms with Gasteiger partial charge in [0.1, 0.15) is 11.6 Å². The fourth-order valence-electron chi connectivity index (χ4n) is 3.06. The van der Waals surface area contributed by atoms with Gasteiger partial charge in [-0.25, -0.2) is 14.2 Å². The molecule has 1 atom stereocenters. The number of aryl methyl sites for hydroxylation is 1. The van der Waals surface area contributed by atoms with Gasteiger partial charge in [0.2, 0.25) is 0 Å². The van der Waals surface area contributed by atoms with E-state index in [9.17, 15) is 14.3 Å². The fourth-order valence-corrected chi connectivity index (χ4v) is 3.06. The van der Waals surface area contributed by atoms with Crippen molar-refractivity contribution in [2.75, 3.05) is 13.2 Å². The molecule has 1 aliphatic rings. The third-order valence-electron chi connectivity index (χ3n) is 4.39. The molecule has 2 aromatic rings. The van der Waals surface area contributed by atoms with E-state index in [0.29, 0.717) is 23.6 Å². The van der Waals surface area contributed by atoms with Crippen LogP contribution >= 0.6 is 0 Å². The Labute approximate surface area is 139 Å². The zero-order valence-electron chi connectivity index (χ0n) is 13.6. The van der Waals surface area contributed by atoms with E-state index < -0.39 is 0 Å². The van der Waals surface area contributed by atoms with E-state index in [2.05, 4.69) is 10.3 Å². The normalized spacial score (nSPS) is 17.3. The van der Waals surface area contributed by atoms with Crippen LogP contribution < -0.4 is 5.32 Å². The highest BCUT2D eigenvalue weighted by atomic mass is 19.1. The third kappa shape index (κ3) is 3.26. The van der Waals surface area contributed by atoms with Crippen molar-refractivity contribution in [1.29, 1.82) is 0 Å². The lowest BCUT2D eigenvalue weighted by molar-refractivity contribution is 0.157. The highest BCUT2D eigenvalue weighted by Crippen LogP contribution is 2.18. The quantitative estimate of drug-likeness (QED) is 0.899. The number of rotatable bonds is 4. The molecule has 0 saturated carbocycles. The first-order chi connectivity index (χ1) is 11.6. The first kappa shape index (κ1) is 16.4. The maximum absolute atomic E-state index is 14.3. The summed E-state index contributed by atoms with van der Waals surface area (Å²) in [7, 11) is 0. The Kier molecular flexibility index (Phi) is 4.80. The minimum atomic E-state index is -0.364. The Morgan fingerprint density at radius 3 is 3.00 bits per heavy atom. The van der Waals surface area contributed by atoms with Crippen LogP contribution in [0.5, 0.6) is 0 Å². The Morgan fingerprint density at radius 2 is 2.33 bits per heavy atom. The van der Waals surface area contributed by atoms with E-state index in [0.717, 1.165) is 12.8 Å². The minimum Gasteiger partial charge on any atom is -0.394 e. The molecule has 6 nitrogen and oxygen atoms in total. The van der Waals surface area contributed by atoms with Gasteiger partial charge in [0.05, 0.1) is 18.3 Å². The Morgan fingerprint density at radius 1 is 1.50 bits per heavy atom. The van der Waals surface area contributed by atoms with Crippen molar-refractivity contribution >= 4 is 6.03 Å². The van der Waals surface area contributed by atoms with E-state index in [1.54, 1.807) is 40.9 Å². The monoisotopic (exact) mass is 332 g/mol. The van der Waals surface area contributed by atoms with Gasteiger partial charge in [-0.15, -0.1) is 0 Å². The summed E-state index contributed by atoms with van der Waals surface area (Å²) in [5, 5.41) is 12.1. The Bertz CT molecular complexity index is 731. The van der Waals surface area contributed by atoms with Crippen molar-refractivity contribution in [2.24, 2.45) is 0 Å². The lowest BCUT2D eigenvalue weighted by atomic mass is 10.2. The van der Waals surface area contributed by atoms with Crippen molar-refractivity contribution in [3.05, 3.63) is 47.8 Å². The van der Waals surface area contributed by atoms with Gasteiger partial charge in [0.15, 0.2) is 0 Å².